The van der Waals surface area contributed by atoms with Crippen LogP contribution in [0.3, 0.4) is 0 Å². The van der Waals surface area contributed by atoms with Crippen molar-refractivity contribution in [3.05, 3.63) is 131 Å². The van der Waals surface area contributed by atoms with E-state index in [-0.39, 0.29) is 123 Å². The molecule has 9 amide bonds. The fraction of sp³-hybridized carbons (Fsp3) is 0.506. The molecule has 4 atom stereocenters. The molecule has 4 bridgehead atoms. The van der Waals surface area contributed by atoms with Crippen LogP contribution in [0.25, 0.3) is 21.3 Å². The second-order valence-electron chi connectivity index (χ2n) is 30.6. The fourth-order valence-electron chi connectivity index (χ4n) is 17.3. The molecule has 4 aliphatic carbocycles. The summed E-state index contributed by atoms with van der Waals surface area (Å²) in [7, 11) is -4.39. The molecule has 0 spiro atoms. The Hall–Kier alpha value is -9.45. The SMILES string of the molecule is Cc1c(-c2ccc(N3CCc4cccc(C(=O)Nc5nc6ccccc6s5)c4C3)nc2C(=O)O)cnn1CC12CC3(C)CC(C)(C1)CC(OCCOCCN(CCCP(=O)(O)O)C(=O)OCc1ccc(NC(=O)[C@H](CCCCNC(N)=O)NC(=O)[C@@H](NC(=O)CCCCCN4C(=O)C=CC4=O)C(C)C)cc1)(C3)C2. The van der Waals surface area contributed by atoms with Crippen LogP contribution in [0.5, 0.6) is 0 Å². The van der Waals surface area contributed by atoms with Gasteiger partial charge in [-0.05, 0) is 172 Å². The third-order valence-electron chi connectivity index (χ3n) is 21.1. The number of carbonyl (C=O) groups is 9. The average molecular weight is 1520 g/mol. The first-order valence-electron chi connectivity index (χ1n) is 37.0. The Morgan fingerprint density at radius 3 is 2.24 bits per heavy atom. The number of ether oxygens (including phenoxy) is 3. The van der Waals surface area contributed by atoms with Crippen LogP contribution in [0, 0.1) is 29.1 Å². The number of benzene rings is 3. The van der Waals surface area contributed by atoms with E-state index in [1.165, 1.54) is 28.4 Å². The molecule has 31 heteroatoms. The number of carboxylic acids is 1. The van der Waals surface area contributed by atoms with E-state index in [2.05, 4.69) is 45.4 Å². The smallest absolute Gasteiger partial charge is 0.410 e. The second kappa shape index (κ2) is 34.4. The predicted octanol–water partition coefficient (Wildman–Crippen LogP) is 9.62. The molecule has 108 heavy (non-hydrogen) atoms. The number of aromatic carboxylic acids is 1. The number of pyridine rings is 1. The molecule has 3 aromatic carbocycles. The lowest BCUT2D eigenvalue weighted by molar-refractivity contribution is -0.250. The summed E-state index contributed by atoms with van der Waals surface area (Å²) in [6.45, 7) is 12.6. The fourth-order valence-corrected chi connectivity index (χ4v) is 18.7. The van der Waals surface area contributed by atoms with E-state index in [1.807, 2.05) is 65.0 Å². The lowest BCUT2D eigenvalue weighted by Gasteiger charge is -2.69. The highest BCUT2D eigenvalue weighted by molar-refractivity contribution is 7.51. The van der Waals surface area contributed by atoms with Gasteiger partial charge in [-0.15, -0.1) is 0 Å². The van der Waals surface area contributed by atoms with Crippen LogP contribution in [0.2, 0.25) is 0 Å². The number of anilines is 3. The van der Waals surface area contributed by atoms with Crippen molar-refractivity contribution < 1.29 is 76.8 Å². The van der Waals surface area contributed by atoms with Gasteiger partial charge in [0.25, 0.3) is 17.7 Å². The van der Waals surface area contributed by atoms with Gasteiger partial charge >= 0.3 is 25.7 Å². The average Bonchev–Trinajstić information content (AvgIpc) is 0.850. The van der Waals surface area contributed by atoms with Gasteiger partial charge in [-0.1, -0.05) is 81.9 Å². The standard InChI is InChI=1S/C77H98N13O16PS/c1-49(2)65(85-62(91)20-7-6-12-32-89-63(92)27-28-64(89)93)69(96)82-59(18-10-11-30-79-71(78)99)68(95)81-53-23-21-51(22-24-53)41-105-73(100)87(31-14-38-107(101,102)103)34-35-104-36-37-106-77-45-74(4)42-75(5,46-77)44-76(43-74,47-77)48-90-50(3)56(39-80-90)54-25-26-61(84-66(54)70(97)98)88-33-29-52-15-13-16-55(57(52)40-88)67(94)86-72-83-58-17-8-9-19-60(58)108-72/h8-9,13,15-17,19,21-28,39,49,59,65H,6-7,10-12,14,18,20,29-38,40-48H2,1-5H3,(H,81,95)(H,82,96)(H,85,91)(H,97,98)(H3,78,79,99)(H,83,86,94)(H2,101,102,103)/t59-,65-,74?,75?,76?,77?/m0/s1. The number of amides is 9. The molecular formula is C77H98N13O16PS. The number of imide groups is 1. The number of rotatable bonds is 37. The zero-order valence-corrected chi connectivity index (χ0v) is 63.5. The number of nitrogens with one attached hydrogen (secondary N) is 5. The number of carboxylic acid groups (broad SMARTS) is 1. The highest BCUT2D eigenvalue weighted by Gasteiger charge is 2.66. The highest BCUT2D eigenvalue weighted by atomic mass is 32.1. The van der Waals surface area contributed by atoms with Gasteiger partial charge in [-0.25, -0.2) is 24.4 Å². The monoisotopic (exact) mass is 1520 g/mol. The molecule has 2 aliphatic heterocycles. The maximum atomic E-state index is 13.9. The van der Waals surface area contributed by atoms with Gasteiger partial charge < -0.3 is 65.9 Å². The molecule has 6 aliphatic rings. The first-order chi connectivity index (χ1) is 51.5. The van der Waals surface area contributed by atoms with Gasteiger partial charge in [-0.2, -0.15) is 5.10 Å². The summed E-state index contributed by atoms with van der Waals surface area (Å²) < 4.78 is 33.7. The molecule has 6 aromatic rings. The number of nitrogens with zero attached hydrogens (tertiary/aromatic N) is 7. The molecule has 5 heterocycles. The zero-order chi connectivity index (χ0) is 77.1. The molecular weight excluding hydrogens is 1430 g/mol. The van der Waals surface area contributed by atoms with Gasteiger partial charge in [0.2, 0.25) is 17.7 Å². The molecule has 0 radical (unpaired) electrons. The number of primary amides is 1. The highest BCUT2D eigenvalue weighted by Crippen LogP contribution is 2.72. The third-order valence-corrected chi connectivity index (χ3v) is 23.0. The first kappa shape index (κ1) is 79.6. The van der Waals surface area contributed by atoms with Crippen molar-refractivity contribution in [1.82, 2.24) is 45.5 Å². The van der Waals surface area contributed by atoms with Crippen LogP contribution >= 0.6 is 18.9 Å². The van der Waals surface area contributed by atoms with Crippen molar-refractivity contribution in [2.24, 2.45) is 27.9 Å². The Morgan fingerprint density at radius 1 is 0.778 bits per heavy atom. The van der Waals surface area contributed by atoms with Gasteiger partial charge in [0.05, 0.1) is 48.0 Å². The maximum Gasteiger partial charge on any atom is 0.410 e. The first-order valence-corrected chi connectivity index (χ1v) is 39.6. The van der Waals surface area contributed by atoms with Gasteiger partial charge in [0.1, 0.15) is 24.5 Å². The summed E-state index contributed by atoms with van der Waals surface area (Å²) in [5.74, 6) is -3.57. The molecule has 2 unspecified atom stereocenters. The molecule has 578 valence electrons. The number of urea groups is 1. The summed E-state index contributed by atoms with van der Waals surface area (Å²) in [6.07, 6.45) is 11.8. The number of hydrogen-bond donors (Lipinski definition) is 9. The summed E-state index contributed by atoms with van der Waals surface area (Å²) >= 11 is 1.41. The molecule has 12 rings (SSSR count). The number of hydrogen-bond acceptors (Lipinski definition) is 18. The van der Waals surface area contributed by atoms with Crippen molar-refractivity contribution in [2.45, 2.75) is 168 Å². The quantitative estimate of drug-likeness (QED) is 0.00995. The van der Waals surface area contributed by atoms with Crippen LogP contribution in [-0.4, -0.2) is 174 Å². The molecule has 3 aromatic heterocycles. The molecule has 0 saturated heterocycles. The maximum absolute atomic E-state index is 13.9. The van der Waals surface area contributed by atoms with Crippen LogP contribution in [0.15, 0.2) is 97.2 Å². The Bertz CT molecular complexity index is 4350. The van der Waals surface area contributed by atoms with Gasteiger partial charge in [0.15, 0.2) is 10.8 Å². The zero-order valence-electron chi connectivity index (χ0n) is 61.8. The van der Waals surface area contributed by atoms with E-state index >= 15 is 0 Å². The normalized spacial score (nSPS) is 20.5. The van der Waals surface area contributed by atoms with Crippen LogP contribution in [-0.2, 0) is 68.9 Å². The van der Waals surface area contributed by atoms with Crippen LogP contribution in [0.4, 0.5) is 26.2 Å². The number of carbonyl (C=O) groups excluding carboxylic acids is 8. The predicted molar refractivity (Wildman–Crippen MR) is 405 cm³/mol. The van der Waals surface area contributed by atoms with Gasteiger partial charge in [-0.3, -0.25) is 48.2 Å². The Morgan fingerprint density at radius 2 is 1.53 bits per heavy atom. The number of unbranched alkanes of at least 4 members (excludes halogenated alkanes) is 3. The van der Waals surface area contributed by atoms with Crippen molar-refractivity contribution in [1.29, 1.82) is 0 Å². The Kier molecular flexibility index (Phi) is 25.4. The van der Waals surface area contributed by atoms with Crippen molar-refractivity contribution in [3.8, 4) is 11.1 Å². The number of aromatic nitrogens is 4. The lowest BCUT2D eigenvalue weighted by Crippen LogP contribution is -2.64. The second-order valence-corrected chi connectivity index (χ2v) is 33.4. The third kappa shape index (κ3) is 20.3. The number of fused-ring (bicyclic) bond motifs is 2. The number of nitrogens with two attached hydrogens (primary N) is 1. The number of para-hydroxylation sites is 1. The minimum atomic E-state index is -4.39. The van der Waals surface area contributed by atoms with Gasteiger partial charge in [0, 0.05) is 92.5 Å². The summed E-state index contributed by atoms with van der Waals surface area (Å²) in [4.78, 5) is 150. The van der Waals surface area contributed by atoms with Crippen LogP contribution in [0.1, 0.15) is 161 Å². The molecule has 4 saturated carbocycles. The van der Waals surface area contributed by atoms with Crippen molar-refractivity contribution in [3.63, 3.8) is 0 Å². The van der Waals surface area contributed by atoms with E-state index in [0.717, 1.165) is 70.5 Å². The van der Waals surface area contributed by atoms with E-state index in [0.29, 0.717) is 97.0 Å². The lowest BCUT2D eigenvalue weighted by atomic mass is 9.39. The minimum Gasteiger partial charge on any atom is -0.476 e. The van der Waals surface area contributed by atoms with Crippen molar-refractivity contribution in [2.75, 3.05) is 74.2 Å². The molecule has 10 N–H and O–H groups in total. The molecule has 4 fully saturated rings. The summed E-state index contributed by atoms with van der Waals surface area (Å²) in [5, 5.41) is 30.1. The van der Waals surface area contributed by atoms with Crippen molar-refractivity contribution >= 4 is 99.3 Å². The van der Waals surface area contributed by atoms with E-state index in [9.17, 15) is 62.6 Å². The summed E-state index contributed by atoms with van der Waals surface area (Å²) in [6, 6.07) is 20.8. The topological polar surface area (TPSA) is 399 Å². The van der Waals surface area contributed by atoms with E-state index in [1.54, 1.807) is 50.4 Å². The minimum absolute atomic E-state index is 0.00657. The number of thiazole rings is 1. The largest absolute Gasteiger partial charge is 0.476 e. The Balaban J connectivity index is 0.662. The summed E-state index contributed by atoms with van der Waals surface area (Å²) in [5.41, 5.74) is 10.6. The van der Waals surface area contributed by atoms with E-state index < -0.39 is 61.4 Å². The van der Waals surface area contributed by atoms with E-state index in [4.69, 9.17) is 30.0 Å². The van der Waals surface area contributed by atoms with Crippen LogP contribution < -0.4 is 37.2 Å². The molecule has 29 nitrogen and oxygen atoms in total. The Labute approximate surface area is 631 Å².